The van der Waals surface area contributed by atoms with Crippen LogP contribution in [0, 0.1) is 5.92 Å². The molecule has 0 amide bonds. The van der Waals surface area contributed by atoms with Gasteiger partial charge in [0, 0.05) is 12.8 Å². The highest BCUT2D eigenvalue weighted by atomic mass is 16.6. The highest BCUT2D eigenvalue weighted by molar-refractivity contribution is 5.90. The van der Waals surface area contributed by atoms with Gasteiger partial charge in [0.1, 0.15) is 19.3 Å². The molecule has 8 nitrogen and oxygen atoms in total. The SMILES string of the molecule is CCCCCCCCCCCCCCCC(=O)O[C@@H](CC(CCCCCCCCCCCCCC)C(=O)O)[C@H]1OC(=O)C(OCc2ccccc2)=C1OCc1ccccc1. The average molecular weight is 833 g/mol. The number of aliphatic carboxylic acids is 1. The first-order valence-electron chi connectivity index (χ1n) is 24.1. The second-order valence-corrected chi connectivity index (χ2v) is 17.0. The normalized spacial score (nSPS) is 14.8. The molecule has 0 radical (unpaired) electrons. The molecule has 60 heavy (non-hydrogen) atoms. The molecule has 1 aliphatic heterocycles. The molecule has 0 fully saturated rings. The van der Waals surface area contributed by atoms with E-state index < -0.39 is 36.0 Å². The van der Waals surface area contributed by atoms with Crippen molar-refractivity contribution >= 4 is 17.9 Å². The number of cyclic esters (lactones) is 1. The Labute approximate surface area is 363 Å². The molecule has 336 valence electrons. The van der Waals surface area contributed by atoms with Gasteiger partial charge in [-0.05, 0) is 24.0 Å². The van der Waals surface area contributed by atoms with E-state index in [2.05, 4.69) is 13.8 Å². The number of benzene rings is 2. The first-order valence-corrected chi connectivity index (χ1v) is 24.1. The van der Waals surface area contributed by atoms with Gasteiger partial charge >= 0.3 is 17.9 Å². The minimum atomic E-state index is -1.13. The predicted molar refractivity (Wildman–Crippen MR) is 241 cm³/mol. The molecule has 0 saturated heterocycles. The van der Waals surface area contributed by atoms with Crippen LogP contribution < -0.4 is 0 Å². The Bertz CT molecular complexity index is 1440. The van der Waals surface area contributed by atoms with Gasteiger partial charge in [-0.25, -0.2) is 4.79 Å². The molecule has 2 aromatic carbocycles. The van der Waals surface area contributed by atoms with Gasteiger partial charge in [0.05, 0.1) is 5.92 Å². The van der Waals surface area contributed by atoms with Crippen LogP contribution in [0.3, 0.4) is 0 Å². The number of carbonyl (C=O) groups is 3. The molecule has 0 spiro atoms. The van der Waals surface area contributed by atoms with Crippen LogP contribution in [0.4, 0.5) is 0 Å². The van der Waals surface area contributed by atoms with Gasteiger partial charge in [0.25, 0.3) is 0 Å². The van der Waals surface area contributed by atoms with Crippen molar-refractivity contribution in [2.45, 2.75) is 219 Å². The lowest BCUT2D eigenvalue weighted by atomic mass is 9.92. The minimum absolute atomic E-state index is 0.000181. The number of rotatable bonds is 38. The summed E-state index contributed by atoms with van der Waals surface area (Å²) in [6, 6.07) is 19.1. The largest absolute Gasteiger partial charge is 0.485 e. The van der Waals surface area contributed by atoms with Crippen LogP contribution in [-0.4, -0.2) is 35.2 Å². The van der Waals surface area contributed by atoms with Crippen LogP contribution in [0.25, 0.3) is 0 Å². The third kappa shape index (κ3) is 22.2. The molecule has 2 aromatic rings. The molecule has 3 rings (SSSR count). The Morgan fingerprint density at radius 2 is 1.00 bits per heavy atom. The van der Waals surface area contributed by atoms with Crippen molar-refractivity contribution in [1.29, 1.82) is 0 Å². The molecule has 0 aliphatic carbocycles. The van der Waals surface area contributed by atoms with Crippen LogP contribution in [0.2, 0.25) is 0 Å². The summed E-state index contributed by atoms with van der Waals surface area (Å²) in [4.78, 5) is 39.7. The molecule has 0 bridgehead atoms. The quantitative estimate of drug-likeness (QED) is 0.0526. The van der Waals surface area contributed by atoms with Crippen molar-refractivity contribution in [2.75, 3.05) is 0 Å². The molecule has 1 N–H and O–H groups in total. The number of esters is 2. The van der Waals surface area contributed by atoms with Crippen LogP contribution in [-0.2, 0) is 46.5 Å². The molecule has 1 heterocycles. The van der Waals surface area contributed by atoms with E-state index in [1.807, 2.05) is 60.7 Å². The van der Waals surface area contributed by atoms with E-state index in [0.29, 0.717) is 12.8 Å². The molecular formula is C52H80O8. The highest BCUT2D eigenvalue weighted by Crippen LogP contribution is 2.34. The Balaban J connectivity index is 1.62. The van der Waals surface area contributed by atoms with E-state index in [9.17, 15) is 19.5 Å². The van der Waals surface area contributed by atoms with E-state index in [-0.39, 0.29) is 37.6 Å². The lowest BCUT2D eigenvalue weighted by Crippen LogP contribution is -2.37. The molecule has 1 unspecified atom stereocenters. The third-order valence-corrected chi connectivity index (χ3v) is 11.7. The first kappa shape index (κ1) is 50.5. The maximum absolute atomic E-state index is 13.5. The molecule has 3 atom stereocenters. The van der Waals surface area contributed by atoms with Gasteiger partial charge < -0.3 is 24.1 Å². The molecular weight excluding hydrogens is 753 g/mol. The average Bonchev–Trinajstić information content (AvgIpc) is 3.57. The van der Waals surface area contributed by atoms with Crippen molar-refractivity contribution in [3.63, 3.8) is 0 Å². The van der Waals surface area contributed by atoms with E-state index >= 15 is 0 Å². The van der Waals surface area contributed by atoms with Gasteiger partial charge in [0.2, 0.25) is 5.76 Å². The summed E-state index contributed by atoms with van der Waals surface area (Å²) in [7, 11) is 0. The number of hydrogen-bond donors (Lipinski definition) is 1. The summed E-state index contributed by atoms with van der Waals surface area (Å²) < 4.78 is 24.4. The number of unbranched alkanes of at least 4 members (excludes halogenated alkanes) is 23. The molecule has 0 saturated carbocycles. The van der Waals surface area contributed by atoms with Crippen LogP contribution in [0.1, 0.15) is 205 Å². The van der Waals surface area contributed by atoms with Gasteiger partial charge in [-0.15, -0.1) is 0 Å². The summed E-state index contributed by atoms with van der Waals surface area (Å²) in [5, 5.41) is 10.4. The van der Waals surface area contributed by atoms with Gasteiger partial charge in [-0.2, -0.15) is 0 Å². The molecule has 1 aliphatic rings. The second kappa shape index (κ2) is 32.9. The van der Waals surface area contributed by atoms with Crippen molar-refractivity contribution < 1.29 is 38.4 Å². The zero-order valence-corrected chi connectivity index (χ0v) is 37.5. The standard InChI is InChI=1S/C52H80O8/c1-3-5-7-9-11-13-15-17-19-21-23-25-33-39-47(53)59-46(40-45(51(54)55)38-32-24-22-20-18-16-14-12-10-8-6-4-2)48-49(57-41-43-34-28-26-29-35-43)50(52(56)60-48)58-42-44-36-30-27-31-37-44/h26-31,34-37,45-46,48H,3-25,32-33,38-42H2,1-2H3,(H,54,55)/t45?,46-,48+/m0/s1. The lowest BCUT2D eigenvalue weighted by molar-refractivity contribution is -0.166. The maximum Gasteiger partial charge on any atom is 0.378 e. The number of carboxylic acids is 1. The smallest absolute Gasteiger partial charge is 0.378 e. The van der Waals surface area contributed by atoms with Gasteiger partial charge in [0.15, 0.2) is 11.9 Å². The van der Waals surface area contributed by atoms with Crippen molar-refractivity contribution in [1.82, 2.24) is 0 Å². The lowest BCUT2D eigenvalue weighted by Gasteiger charge is -2.27. The first-order chi connectivity index (χ1) is 29.4. The summed E-state index contributed by atoms with van der Waals surface area (Å²) in [6.45, 7) is 4.73. The number of carbonyl (C=O) groups excluding carboxylic acids is 2. The Hall–Kier alpha value is -3.81. The van der Waals surface area contributed by atoms with Crippen molar-refractivity contribution in [2.24, 2.45) is 5.92 Å². The van der Waals surface area contributed by atoms with Crippen molar-refractivity contribution in [3.05, 3.63) is 83.3 Å². The van der Waals surface area contributed by atoms with E-state index in [1.165, 1.54) is 109 Å². The number of carboxylic acid groups (broad SMARTS) is 1. The van der Waals surface area contributed by atoms with Gasteiger partial charge in [-0.1, -0.05) is 229 Å². The summed E-state index contributed by atoms with van der Waals surface area (Å²) in [6.07, 6.45) is 28.4. The Morgan fingerprint density at radius 3 is 1.45 bits per heavy atom. The Morgan fingerprint density at radius 1 is 0.583 bits per heavy atom. The van der Waals surface area contributed by atoms with E-state index in [0.717, 1.165) is 56.1 Å². The fraction of sp³-hybridized carbons (Fsp3) is 0.673. The number of hydrogen-bond acceptors (Lipinski definition) is 7. The predicted octanol–water partition coefficient (Wildman–Crippen LogP) is 14.1. The fourth-order valence-corrected chi connectivity index (χ4v) is 8.04. The minimum Gasteiger partial charge on any atom is -0.485 e. The van der Waals surface area contributed by atoms with Crippen LogP contribution >= 0.6 is 0 Å². The topological polar surface area (TPSA) is 108 Å². The third-order valence-electron chi connectivity index (χ3n) is 11.7. The van der Waals surface area contributed by atoms with Crippen LogP contribution in [0.5, 0.6) is 0 Å². The fourth-order valence-electron chi connectivity index (χ4n) is 8.04. The molecule has 0 aromatic heterocycles. The summed E-state index contributed by atoms with van der Waals surface area (Å²) in [5.74, 6) is -2.82. The zero-order chi connectivity index (χ0) is 42.9. The zero-order valence-electron chi connectivity index (χ0n) is 37.5. The number of ether oxygens (including phenoxy) is 4. The van der Waals surface area contributed by atoms with Crippen molar-refractivity contribution in [3.8, 4) is 0 Å². The highest BCUT2D eigenvalue weighted by Gasteiger charge is 2.45. The van der Waals surface area contributed by atoms with Gasteiger partial charge in [-0.3, -0.25) is 9.59 Å². The summed E-state index contributed by atoms with van der Waals surface area (Å²) >= 11 is 0. The summed E-state index contributed by atoms with van der Waals surface area (Å²) in [5.41, 5.74) is 1.73. The van der Waals surface area contributed by atoms with Crippen LogP contribution in [0.15, 0.2) is 72.2 Å². The van der Waals surface area contributed by atoms with E-state index in [4.69, 9.17) is 18.9 Å². The maximum atomic E-state index is 13.5. The van der Waals surface area contributed by atoms with E-state index in [1.54, 1.807) is 0 Å². The Kier molecular flexibility index (Phi) is 27.7. The molecule has 8 heteroatoms. The monoisotopic (exact) mass is 833 g/mol. The second-order valence-electron chi connectivity index (χ2n) is 17.0.